The number of aliphatic hydroxyl groups is 2. The van der Waals surface area contributed by atoms with Crippen molar-refractivity contribution in [1.29, 1.82) is 0 Å². The molecule has 2 rings (SSSR count). The Morgan fingerprint density at radius 3 is 1.60 bits per heavy atom. The maximum atomic E-state index is 10.8. The van der Waals surface area contributed by atoms with Crippen LogP contribution in [0.3, 0.4) is 0 Å². The van der Waals surface area contributed by atoms with E-state index in [-0.39, 0.29) is 0 Å². The van der Waals surface area contributed by atoms with Crippen LogP contribution in [0.25, 0.3) is 0 Å². The van der Waals surface area contributed by atoms with Gasteiger partial charge in [0.2, 0.25) is 11.4 Å². The molecule has 112 valence electrons. The molecule has 0 aliphatic carbocycles. The number of imide groups is 2. The summed E-state index contributed by atoms with van der Waals surface area (Å²) in [6, 6.07) is -1.15. The molecule has 10 nitrogen and oxygen atoms in total. The monoisotopic (exact) mass is 288 g/mol. The fourth-order valence-corrected chi connectivity index (χ4v) is 1.41. The van der Waals surface area contributed by atoms with E-state index in [1.54, 1.807) is 0 Å². The Labute approximate surface area is 114 Å². The highest BCUT2D eigenvalue weighted by Gasteiger charge is 2.45. The number of urea groups is 2. The minimum atomic E-state index is -1.72. The van der Waals surface area contributed by atoms with E-state index >= 15 is 0 Å². The number of likely N-dealkylation sites (N-methyl/N-ethyl adjacent to an activating group) is 2. The van der Waals surface area contributed by atoms with Crippen LogP contribution in [0.1, 0.15) is 13.8 Å². The van der Waals surface area contributed by atoms with Gasteiger partial charge in [0.25, 0.3) is 11.8 Å². The van der Waals surface area contributed by atoms with Gasteiger partial charge in [-0.1, -0.05) is 0 Å². The average molecular weight is 288 g/mol. The van der Waals surface area contributed by atoms with Gasteiger partial charge in [0.15, 0.2) is 0 Å². The van der Waals surface area contributed by atoms with Crippen LogP contribution in [-0.4, -0.2) is 69.4 Å². The molecule has 2 atom stereocenters. The lowest BCUT2D eigenvalue weighted by Gasteiger charge is -2.20. The number of carbonyl (C=O) groups excluding carboxylic acids is 4. The Hall–Kier alpha value is -2.20. The third-order valence-corrected chi connectivity index (χ3v) is 2.98. The van der Waals surface area contributed by atoms with Gasteiger partial charge in [-0.25, -0.2) is 9.59 Å². The second kappa shape index (κ2) is 4.72. The van der Waals surface area contributed by atoms with E-state index in [9.17, 15) is 24.3 Å². The zero-order chi connectivity index (χ0) is 15.9. The molecule has 0 radical (unpaired) electrons. The molecule has 0 bridgehead atoms. The Bertz CT molecular complexity index is 484. The number of rotatable bonds is 0. The van der Waals surface area contributed by atoms with Gasteiger partial charge in [0.05, 0.1) is 0 Å². The fourth-order valence-electron chi connectivity index (χ4n) is 1.41. The molecule has 0 aromatic heterocycles. The molecule has 6 amide bonds. The summed E-state index contributed by atoms with van der Waals surface area (Å²) >= 11 is 0. The molecule has 2 saturated heterocycles. The molecule has 10 heteroatoms. The van der Waals surface area contributed by atoms with E-state index in [1.165, 1.54) is 27.9 Å². The number of nitrogens with one attached hydrogen (secondary N) is 2. The van der Waals surface area contributed by atoms with E-state index in [2.05, 4.69) is 5.32 Å². The van der Waals surface area contributed by atoms with Crippen molar-refractivity contribution in [3.63, 3.8) is 0 Å². The number of nitrogens with zero attached hydrogens (tertiary/aromatic N) is 2. The highest BCUT2D eigenvalue weighted by atomic mass is 16.3. The zero-order valence-corrected chi connectivity index (χ0v) is 11.4. The summed E-state index contributed by atoms with van der Waals surface area (Å²) in [7, 11) is 2.65. The normalized spacial score (nSPS) is 32.9. The molecule has 0 saturated carbocycles. The molecule has 4 N–H and O–H groups in total. The number of carbonyl (C=O) groups is 4. The van der Waals surface area contributed by atoms with Gasteiger partial charge in [-0.3, -0.25) is 24.7 Å². The zero-order valence-electron chi connectivity index (χ0n) is 11.4. The van der Waals surface area contributed by atoms with Gasteiger partial charge in [0.1, 0.15) is 0 Å². The van der Waals surface area contributed by atoms with Crippen molar-refractivity contribution in [2.45, 2.75) is 25.3 Å². The minimum Gasteiger partial charge on any atom is -0.363 e. The largest absolute Gasteiger partial charge is 0.363 e. The van der Waals surface area contributed by atoms with Crippen LogP contribution < -0.4 is 10.6 Å². The van der Waals surface area contributed by atoms with Gasteiger partial charge < -0.3 is 15.5 Å². The molecule has 2 fully saturated rings. The topological polar surface area (TPSA) is 139 Å². The Morgan fingerprint density at radius 1 is 1.00 bits per heavy atom. The van der Waals surface area contributed by atoms with Crippen molar-refractivity contribution in [3.8, 4) is 0 Å². The van der Waals surface area contributed by atoms with Crippen molar-refractivity contribution in [3.05, 3.63) is 0 Å². The number of hydrogen-bond donors (Lipinski definition) is 4. The molecule has 0 spiro atoms. The minimum absolute atomic E-state index is 0.574. The lowest BCUT2D eigenvalue weighted by Crippen LogP contribution is -2.44. The van der Waals surface area contributed by atoms with Gasteiger partial charge in [-0.05, 0) is 13.8 Å². The van der Waals surface area contributed by atoms with Crippen LogP contribution in [0, 0.1) is 0 Å². The van der Waals surface area contributed by atoms with Gasteiger partial charge in [-0.15, -0.1) is 0 Å². The lowest BCUT2D eigenvalue weighted by molar-refractivity contribution is -0.143. The summed E-state index contributed by atoms with van der Waals surface area (Å²) in [6.45, 7) is 2.49. The van der Waals surface area contributed by atoms with Crippen LogP contribution in [0.5, 0.6) is 0 Å². The quantitative estimate of drug-likeness (QED) is 0.371. The second-order valence-electron chi connectivity index (χ2n) is 4.71. The van der Waals surface area contributed by atoms with E-state index in [1.807, 2.05) is 5.32 Å². The first-order valence-electron chi connectivity index (χ1n) is 5.55. The molecule has 2 unspecified atom stereocenters. The average Bonchev–Trinajstić information content (AvgIpc) is 2.61. The molecule has 2 aliphatic heterocycles. The Balaban J connectivity index is 0.000000200. The van der Waals surface area contributed by atoms with Crippen LogP contribution in [-0.2, 0) is 9.59 Å². The van der Waals surface area contributed by atoms with E-state index < -0.39 is 35.3 Å². The maximum Gasteiger partial charge on any atom is 0.326 e. The van der Waals surface area contributed by atoms with Crippen molar-refractivity contribution in [2.24, 2.45) is 0 Å². The van der Waals surface area contributed by atoms with Crippen molar-refractivity contribution < 1.29 is 29.4 Å². The predicted molar refractivity (Wildman–Crippen MR) is 63.9 cm³/mol. The smallest absolute Gasteiger partial charge is 0.326 e. The van der Waals surface area contributed by atoms with Crippen LogP contribution >= 0.6 is 0 Å². The summed E-state index contributed by atoms with van der Waals surface area (Å²) in [4.78, 5) is 44.6. The summed E-state index contributed by atoms with van der Waals surface area (Å²) in [5.74, 6) is -1.31. The maximum absolute atomic E-state index is 10.8. The van der Waals surface area contributed by atoms with E-state index in [4.69, 9.17) is 5.11 Å². The van der Waals surface area contributed by atoms with E-state index in [0.717, 1.165) is 9.80 Å². The summed E-state index contributed by atoms with van der Waals surface area (Å²) in [5.41, 5.74) is -3.40. The van der Waals surface area contributed by atoms with Crippen molar-refractivity contribution in [2.75, 3.05) is 14.1 Å². The third kappa shape index (κ3) is 2.56. The van der Waals surface area contributed by atoms with Gasteiger partial charge >= 0.3 is 12.1 Å². The first-order chi connectivity index (χ1) is 8.91. The van der Waals surface area contributed by atoms with Gasteiger partial charge in [-0.2, -0.15) is 0 Å². The third-order valence-electron chi connectivity index (χ3n) is 2.98. The van der Waals surface area contributed by atoms with Gasteiger partial charge in [0, 0.05) is 14.1 Å². The highest BCUT2D eigenvalue weighted by molar-refractivity contribution is 6.05. The van der Waals surface area contributed by atoms with Crippen LogP contribution in [0.4, 0.5) is 9.59 Å². The molecule has 2 heterocycles. The first-order valence-corrected chi connectivity index (χ1v) is 5.55. The first kappa shape index (κ1) is 15.9. The molecular formula is C10H16N4O6. The molecule has 0 aromatic carbocycles. The predicted octanol–water partition coefficient (Wildman–Crippen LogP) is -2.25. The molecular weight excluding hydrogens is 272 g/mol. The van der Waals surface area contributed by atoms with Crippen LogP contribution in [0.2, 0.25) is 0 Å². The fraction of sp³-hybridized carbons (Fsp3) is 0.600. The SMILES string of the molecule is CN1C(=O)NC(=O)C1(C)O.CN1C(=O)NC(C)(O)C1=O. The molecule has 0 aromatic rings. The highest BCUT2D eigenvalue weighted by Crippen LogP contribution is 2.14. The Kier molecular flexibility index (Phi) is 3.74. The number of amides is 6. The van der Waals surface area contributed by atoms with E-state index in [0.29, 0.717) is 0 Å². The molecule has 2 aliphatic rings. The molecule has 20 heavy (non-hydrogen) atoms. The van der Waals surface area contributed by atoms with Crippen molar-refractivity contribution in [1.82, 2.24) is 20.4 Å². The summed E-state index contributed by atoms with van der Waals surface area (Å²) in [6.07, 6.45) is 0. The second-order valence-corrected chi connectivity index (χ2v) is 4.71. The summed E-state index contributed by atoms with van der Waals surface area (Å²) < 4.78 is 0. The standard InChI is InChI=1S/2C5H8N2O3/c1-5(10)3(8)7(2)4(9)6-5;1-5(10)3(8)6-4(9)7(5)2/h10H,1-2H3,(H,6,9);10H,1-2H3,(H,6,8,9). The van der Waals surface area contributed by atoms with Crippen LogP contribution in [0.15, 0.2) is 0 Å². The summed E-state index contributed by atoms with van der Waals surface area (Å²) in [5, 5.41) is 22.3. The number of hydrogen-bond acceptors (Lipinski definition) is 6. The lowest BCUT2D eigenvalue weighted by atomic mass is 10.2. The Morgan fingerprint density at radius 2 is 1.50 bits per heavy atom. The van der Waals surface area contributed by atoms with Crippen molar-refractivity contribution >= 4 is 23.9 Å².